The van der Waals surface area contributed by atoms with Crippen LogP contribution in [0, 0.1) is 5.41 Å². The maximum Gasteiger partial charge on any atom is 0.105 e. The number of anilines is 1. The average molecular weight is 313 g/mol. The van der Waals surface area contributed by atoms with Crippen LogP contribution in [0.25, 0.3) is 0 Å². The van der Waals surface area contributed by atoms with Gasteiger partial charge in [0.15, 0.2) is 0 Å². The molecule has 2 N–H and O–H groups in total. The molecule has 4 heteroatoms. The Kier molecular flexibility index (Phi) is 3.46. The molecule has 1 aliphatic rings. The summed E-state index contributed by atoms with van der Waals surface area (Å²) in [6.07, 6.45) is 1.24. The van der Waals surface area contributed by atoms with E-state index in [-0.39, 0.29) is 0 Å². The van der Waals surface area contributed by atoms with Crippen molar-refractivity contribution in [2.45, 2.75) is 20.3 Å². The zero-order valence-electron chi connectivity index (χ0n) is 10.2. The number of benzene rings is 1. The molecule has 2 rings (SSSR count). The highest BCUT2D eigenvalue weighted by molar-refractivity contribution is 9.10. The van der Waals surface area contributed by atoms with Crippen molar-refractivity contribution in [3.8, 4) is 0 Å². The van der Waals surface area contributed by atoms with Crippen LogP contribution in [0.2, 0.25) is 0 Å². The molecular formula is C13H17BrN2S. The molecule has 0 bridgehead atoms. The lowest BCUT2D eigenvalue weighted by molar-refractivity contribution is 0.418. The van der Waals surface area contributed by atoms with Gasteiger partial charge < -0.3 is 10.6 Å². The summed E-state index contributed by atoms with van der Waals surface area (Å²) in [7, 11) is 0. The first-order valence-corrected chi connectivity index (χ1v) is 6.93. The van der Waals surface area contributed by atoms with E-state index in [9.17, 15) is 0 Å². The Bertz CT molecular complexity index is 457. The van der Waals surface area contributed by atoms with Crippen LogP contribution < -0.4 is 10.6 Å². The van der Waals surface area contributed by atoms with Crippen molar-refractivity contribution < 1.29 is 0 Å². The van der Waals surface area contributed by atoms with Crippen molar-refractivity contribution in [3.63, 3.8) is 0 Å². The second-order valence-electron chi connectivity index (χ2n) is 5.36. The van der Waals surface area contributed by atoms with E-state index in [1.807, 2.05) is 6.07 Å². The summed E-state index contributed by atoms with van der Waals surface area (Å²) >= 11 is 8.53. The van der Waals surface area contributed by atoms with Crippen molar-refractivity contribution in [1.82, 2.24) is 0 Å². The molecule has 1 fully saturated rings. The number of nitrogens with zero attached hydrogens (tertiary/aromatic N) is 1. The van der Waals surface area contributed by atoms with Gasteiger partial charge in [-0.1, -0.05) is 26.1 Å². The first-order valence-electron chi connectivity index (χ1n) is 5.73. The van der Waals surface area contributed by atoms with Gasteiger partial charge in [0.2, 0.25) is 0 Å². The Morgan fingerprint density at radius 2 is 2.18 bits per heavy atom. The van der Waals surface area contributed by atoms with Gasteiger partial charge in [-0.05, 0) is 46.0 Å². The van der Waals surface area contributed by atoms with Crippen LogP contribution in [0.3, 0.4) is 0 Å². The van der Waals surface area contributed by atoms with E-state index in [0.29, 0.717) is 10.4 Å². The topological polar surface area (TPSA) is 29.3 Å². The SMILES string of the molecule is CC1(C)CCN(c2ccc(C(N)=S)c(Br)c2)C1. The highest BCUT2D eigenvalue weighted by atomic mass is 79.9. The molecule has 1 aromatic rings. The van der Waals surface area contributed by atoms with Crippen molar-refractivity contribution in [2.24, 2.45) is 11.1 Å². The van der Waals surface area contributed by atoms with Crippen LogP contribution >= 0.6 is 28.1 Å². The maximum absolute atomic E-state index is 5.65. The molecule has 1 saturated heterocycles. The van der Waals surface area contributed by atoms with Gasteiger partial charge in [-0.15, -0.1) is 0 Å². The molecule has 1 heterocycles. The van der Waals surface area contributed by atoms with Crippen molar-refractivity contribution in [3.05, 3.63) is 28.2 Å². The van der Waals surface area contributed by atoms with Crippen molar-refractivity contribution >= 4 is 38.8 Å². The molecule has 17 heavy (non-hydrogen) atoms. The maximum atomic E-state index is 5.65. The zero-order valence-corrected chi connectivity index (χ0v) is 12.6. The normalized spacial score (nSPS) is 18.4. The number of halogens is 1. The minimum atomic E-state index is 0.411. The second-order valence-corrected chi connectivity index (χ2v) is 6.66. The predicted octanol–water partition coefficient (Wildman–Crippen LogP) is 3.32. The third kappa shape index (κ3) is 2.80. The molecule has 0 spiro atoms. The highest BCUT2D eigenvalue weighted by Gasteiger charge is 2.29. The van der Waals surface area contributed by atoms with Crippen LogP contribution in [0.4, 0.5) is 5.69 Å². The molecule has 0 aliphatic carbocycles. The zero-order chi connectivity index (χ0) is 12.6. The Morgan fingerprint density at radius 1 is 1.47 bits per heavy atom. The summed E-state index contributed by atoms with van der Waals surface area (Å²) in [6, 6.07) is 6.20. The first kappa shape index (κ1) is 12.8. The van der Waals surface area contributed by atoms with E-state index in [1.165, 1.54) is 12.1 Å². The first-order chi connectivity index (χ1) is 7.89. The Morgan fingerprint density at radius 3 is 2.65 bits per heavy atom. The van der Waals surface area contributed by atoms with E-state index < -0.39 is 0 Å². The third-order valence-corrected chi connectivity index (χ3v) is 4.14. The van der Waals surface area contributed by atoms with Crippen LogP contribution in [0.5, 0.6) is 0 Å². The second kappa shape index (κ2) is 4.58. The molecule has 0 amide bonds. The van der Waals surface area contributed by atoms with E-state index in [4.69, 9.17) is 18.0 Å². The Balaban J connectivity index is 2.24. The molecule has 92 valence electrons. The van der Waals surface area contributed by atoms with Crippen LogP contribution in [0.1, 0.15) is 25.8 Å². The van der Waals surface area contributed by atoms with Gasteiger partial charge in [0.25, 0.3) is 0 Å². The molecule has 1 aliphatic heterocycles. The fourth-order valence-corrected chi connectivity index (χ4v) is 3.12. The fourth-order valence-electron chi connectivity index (χ4n) is 2.23. The predicted molar refractivity (Wildman–Crippen MR) is 80.6 cm³/mol. The van der Waals surface area contributed by atoms with Gasteiger partial charge in [0, 0.05) is 28.8 Å². The van der Waals surface area contributed by atoms with Gasteiger partial charge in [0.05, 0.1) is 0 Å². The van der Waals surface area contributed by atoms with Gasteiger partial charge in [-0.2, -0.15) is 0 Å². The average Bonchev–Trinajstić information content (AvgIpc) is 2.58. The van der Waals surface area contributed by atoms with Crippen LogP contribution in [-0.2, 0) is 0 Å². The summed E-state index contributed by atoms with van der Waals surface area (Å²) < 4.78 is 0.979. The summed E-state index contributed by atoms with van der Waals surface area (Å²) in [5.41, 5.74) is 8.20. The third-order valence-electron chi connectivity index (χ3n) is 3.26. The fraction of sp³-hybridized carbons (Fsp3) is 0.462. The smallest absolute Gasteiger partial charge is 0.105 e. The molecule has 0 unspecified atom stereocenters. The lowest BCUT2D eigenvalue weighted by Crippen LogP contribution is -2.22. The van der Waals surface area contributed by atoms with Gasteiger partial charge in [-0.3, -0.25) is 0 Å². The molecule has 0 saturated carbocycles. The molecule has 1 aromatic carbocycles. The molecule has 0 atom stereocenters. The van der Waals surface area contributed by atoms with E-state index in [2.05, 4.69) is 46.8 Å². The van der Waals surface area contributed by atoms with Gasteiger partial charge >= 0.3 is 0 Å². The summed E-state index contributed by atoms with van der Waals surface area (Å²) in [5.74, 6) is 0. The molecular weight excluding hydrogens is 296 g/mol. The summed E-state index contributed by atoms with van der Waals surface area (Å²) in [4.78, 5) is 2.85. The monoisotopic (exact) mass is 312 g/mol. The van der Waals surface area contributed by atoms with Crippen LogP contribution in [0.15, 0.2) is 22.7 Å². The lowest BCUT2D eigenvalue weighted by atomic mass is 9.93. The minimum Gasteiger partial charge on any atom is -0.389 e. The number of thiocarbonyl (C=S) groups is 1. The number of nitrogens with two attached hydrogens (primary N) is 1. The van der Waals surface area contributed by atoms with Crippen molar-refractivity contribution in [1.29, 1.82) is 0 Å². The quantitative estimate of drug-likeness (QED) is 0.849. The summed E-state index contributed by atoms with van der Waals surface area (Å²) in [6.45, 7) is 6.84. The van der Waals surface area contributed by atoms with E-state index in [0.717, 1.165) is 23.1 Å². The van der Waals surface area contributed by atoms with E-state index in [1.54, 1.807) is 0 Å². The standard InChI is InChI=1S/C13H17BrN2S/c1-13(2)5-6-16(8-13)9-3-4-10(12(15)17)11(14)7-9/h3-4,7H,5-6,8H2,1-2H3,(H2,15,17). The molecule has 0 radical (unpaired) electrons. The lowest BCUT2D eigenvalue weighted by Gasteiger charge is -2.22. The number of hydrogen-bond donors (Lipinski definition) is 1. The van der Waals surface area contributed by atoms with Gasteiger partial charge in [-0.25, -0.2) is 0 Å². The van der Waals surface area contributed by atoms with Crippen molar-refractivity contribution in [2.75, 3.05) is 18.0 Å². The highest BCUT2D eigenvalue weighted by Crippen LogP contribution is 2.34. The Labute approximate surface area is 116 Å². The molecule has 2 nitrogen and oxygen atoms in total. The molecule has 0 aromatic heterocycles. The number of hydrogen-bond acceptors (Lipinski definition) is 2. The summed E-state index contributed by atoms with van der Waals surface area (Å²) in [5, 5.41) is 0. The largest absolute Gasteiger partial charge is 0.389 e. The van der Waals surface area contributed by atoms with E-state index >= 15 is 0 Å². The van der Waals surface area contributed by atoms with Crippen LogP contribution in [-0.4, -0.2) is 18.1 Å². The Hall–Kier alpha value is -0.610. The van der Waals surface area contributed by atoms with Gasteiger partial charge in [0.1, 0.15) is 4.99 Å². The minimum absolute atomic E-state index is 0.411. The number of rotatable bonds is 2.